The average Bonchev–Trinajstić information content (AvgIpc) is 2.72. The van der Waals surface area contributed by atoms with Gasteiger partial charge in [0.25, 0.3) is 0 Å². The van der Waals surface area contributed by atoms with Crippen molar-refractivity contribution in [3.8, 4) is 0 Å². The fraction of sp³-hybridized carbons (Fsp3) is 0.700. The zero-order valence-corrected chi connectivity index (χ0v) is 10.7. The molecule has 2 heterocycles. The van der Waals surface area contributed by atoms with Crippen molar-refractivity contribution in [2.75, 3.05) is 44.7 Å². The molecule has 0 bridgehead atoms. The van der Waals surface area contributed by atoms with Gasteiger partial charge < -0.3 is 10.1 Å². The number of halogens is 1. The first-order valence-electron chi connectivity index (χ1n) is 5.49. The highest BCUT2D eigenvalue weighted by Gasteiger charge is 2.09. The van der Waals surface area contributed by atoms with Crippen LogP contribution in [0.5, 0.6) is 0 Å². The fourth-order valence-corrected chi connectivity index (χ4v) is 2.52. The van der Waals surface area contributed by atoms with Crippen molar-refractivity contribution in [3.63, 3.8) is 0 Å². The van der Waals surface area contributed by atoms with Gasteiger partial charge in [0.05, 0.1) is 13.2 Å². The van der Waals surface area contributed by atoms with Crippen molar-refractivity contribution in [2.45, 2.75) is 6.42 Å². The Hall–Kier alpha value is -0.360. The number of ether oxygens (including phenoxy) is 1. The number of nitrogens with zero attached hydrogens (tertiary/aromatic N) is 2. The van der Waals surface area contributed by atoms with Gasteiger partial charge in [0.15, 0.2) is 5.13 Å². The lowest BCUT2D eigenvalue weighted by molar-refractivity contribution is 0.0378. The monoisotopic (exact) mass is 261 g/mol. The Morgan fingerprint density at radius 3 is 3.00 bits per heavy atom. The van der Waals surface area contributed by atoms with Gasteiger partial charge in [0, 0.05) is 25.0 Å². The van der Waals surface area contributed by atoms with Crippen LogP contribution in [-0.4, -0.2) is 49.3 Å². The highest BCUT2D eigenvalue weighted by atomic mass is 35.5. The van der Waals surface area contributed by atoms with Gasteiger partial charge in [-0.05, 0) is 13.0 Å². The molecular weight excluding hydrogens is 246 g/mol. The molecule has 0 amide bonds. The van der Waals surface area contributed by atoms with Crippen LogP contribution in [0.25, 0.3) is 0 Å². The lowest BCUT2D eigenvalue weighted by Crippen LogP contribution is -2.37. The van der Waals surface area contributed by atoms with E-state index in [9.17, 15) is 0 Å². The molecule has 1 fully saturated rings. The third-order valence-electron chi connectivity index (χ3n) is 2.51. The van der Waals surface area contributed by atoms with Crippen molar-refractivity contribution in [1.29, 1.82) is 0 Å². The molecule has 1 aliphatic rings. The van der Waals surface area contributed by atoms with Gasteiger partial charge in [0.1, 0.15) is 5.15 Å². The lowest BCUT2D eigenvalue weighted by atomic mass is 10.3. The van der Waals surface area contributed by atoms with Crippen molar-refractivity contribution in [1.82, 2.24) is 9.88 Å². The van der Waals surface area contributed by atoms with E-state index in [1.807, 2.05) is 5.38 Å². The Morgan fingerprint density at radius 2 is 2.31 bits per heavy atom. The van der Waals surface area contributed by atoms with Crippen LogP contribution >= 0.6 is 22.9 Å². The third kappa shape index (κ3) is 3.90. The predicted octanol–water partition coefficient (Wildman–Crippen LogP) is 1.93. The smallest absolute Gasteiger partial charge is 0.184 e. The number of anilines is 1. The molecular formula is C10H16ClN3OS. The van der Waals surface area contributed by atoms with Crippen LogP contribution in [0.4, 0.5) is 5.13 Å². The van der Waals surface area contributed by atoms with Crippen LogP contribution in [0.2, 0.25) is 5.15 Å². The largest absolute Gasteiger partial charge is 0.379 e. The van der Waals surface area contributed by atoms with Gasteiger partial charge in [-0.2, -0.15) is 0 Å². The maximum Gasteiger partial charge on any atom is 0.184 e. The number of aromatic nitrogens is 1. The van der Waals surface area contributed by atoms with Gasteiger partial charge >= 0.3 is 0 Å². The molecule has 1 saturated heterocycles. The third-order valence-corrected chi connectivity index (χ3v) is 3.63. The Morgan fingerprint density at radius 1 is 1.50 bits per heavy atom. The van der Waals surface area contributed by atoms with Gasteiger partial charge in [-0.1, -0.05) is 11.6 Å². The van der Waals surface area contributed by atoms with E-state index < -0.39 is 0 Å². The minimum absolute atomic E-state index is 0.570. The van der Waals surface area contributed by atoms with Gasteiger partial charge in [-0.3, -0.25) is 4.90 Å². The highest BCUT2D eigenvalue weighted by Crippen LogP contribution is 2.18. The summed E-state index contributed by atoms with van der Waals surface area (Å²) >= 11 is 7.28. The van der Waals surface area contributed by atoms with Crippen molar-refractivity contribution in [3.05, 3.63) is 10.5 Å². The standard InChI is InChI=1S/C10H16ClN3OS/c11-9-8-16-10(13-9)12-2-1-3-14-4-6-15-7-5-14/h8H,1-7H2,(H,12,13). The summed E-state index contributed by atoms with van der Waals surface area (Å²) in [6.45, 7) is 5.92. The second-order valence-corrected chi connectivity index (χ2v) is 4.96. The molecule has 0 radical (unpaired) electrons. The summed E-state index contributed by atoms with van der Waals surface area (Å²) in [4.78, 5) is 6.56. The zero-order valence-electron chi connectivity index (χ0n) is 9.12. The maximum atomic E-state index is 5.73. The molecule has 0 aromatic carbocycles. The van der Waals surface area contributed by atoms with Gasteiger partial charge in [-0.15, -0.1) is 11.3 Å². The summed E-state index contributed by atoms with van der Waals surface area (Å²) in [6.07, 6.45) is 1.12. The first-order valence-corrected chi connectivity index (χ1v) is 6.75. The highest BCUT2D eigenvalue weighted by molar-refractivity contribution is 7.14. The molecule has 1 aromatic heterocycles. The maximum absolute atomic E-state index is 5.73. The van der Waals surface area contributed by atoms with Gasteiger partial charge in [0.2, 0.25) is 0 Å². The molecule has 0 atom stereocenters. The molecule has 1 N–H and O–H groups in total. The zero-order chi connectivity index (χ0) is 11.2. The van der Waals surface area contributed by atoms with E-state index >= 15 is 0 Å². The van der Waals surface area contributed by atoms with Crippen molar-refractivity contribution < 1.29 is 4.74 Å². The first-order chi connectivity index (χ1) is 7.84. The molecule has 4 nitrogen and oxygen atoms in total. The normalized spacial score (nSPS) is 17.6. The quantitative estimate of drug-likeness (QED) is 0.822. The Labute approximate surface area is 105 Å². The van der Waals surface area contributed by atoms with Crippen LogP contribution in [-0.2, 0) is 4.74 Å². The van der Waals surface area contributed by atoms with Crippen LogP contribution < -0.4 is 5.32 Å². The van der Waals surface area contributed by atoms with Crippen LogP contribution in [0.3, 0.4) is 0 Å². The molecule has 1 aliphatic heterocycles. The SMILES string of the molecule is Clc1csc(NCCCN2CCOCC2)n1. The Kier molecular flexibility index (Phi) is 4.84. The van der Waals surface area contributed by atoms with E-state index in [0.717, 1.165) is 50.9 Å². The number of thiazole rings is 1. The summed E-state index contributed by atoms with van der Waals surface area (Å²) in [6, 6.07) is 0. The second-order valence-electron chi connectivity index (χ2n) is 3.71. The van der Waals surface area contributed by atoms with Crippen LogP contribution in [0.15, 0.2) is 5.38 Å². The molecule has 0 saturated carbocycles. The number of rotatable bonds is 5. The number of morpholine rings is 1. The van der Waals surface area contributed by atoms with E-state index in [1.54, 1.807) is 11.3 Å². The number of hydrogen-bond acceptors (Lipinski definition) is 5. The molecule has 1 aromatic rings. The van der Waals surface area contributed by atoms with Crippen molar-refractivity contribution in [2.24, 2.45) is 0 Å². The summed E-state index contributed by atoms with van der Waals surface area (Å²) < 4.78 is 5.30. The number of nitrogens with one attached hydrogen (secondary N) is 1. The topological polar surface area (TPSA) is 37.4 Å². The average molecular weight is 262 g/mol. The van der Waals surface area contributed by atoms with Gasteiger partial charge in [-0.25, -0.2) is 4.98 Å². The Balaban J connectivity index is 1.57. The summed E-state index contributed by atoms with van der Waals surface area (Å²) in [7, 11) is 0. The van der Waals surface area contributed by atoms with E-state index in [1.165, 1.54) is 0 Å². The molecule has 2 rings (SSSR count). The van der Waals surface area contributed by atoms with E-state index in [-0.39, 0.29) is 0 Å². The molecule has 0 aliphatic carbocycles. The van der Waals surface area contributed by atoms with Crippen LogP contribution in [0, 0.1) is 0 Å². The summed E-state index contributed by atoms with van der Waals surface area (Å²) in [5.41, 5.74) is 0. The summed E-state index contributed by atoms with van der Waals surface area (Å²) in [5, 5.41) is 6.59. The predicted molar refractivity (Wildman–Crippen MR) is 67.5 cm³/mol. The Bertz CT molecular complexity index is 315. The molecule has 0 unspecified atom stereocenters. The second kappa shape index (κ2) is 6.39. The molecule has 0 spiro atoms. The molecule has 16 heavy (non-hydrogen) atoms. The van der Waals surface area contributed by atoms with E-state index in [0.29, 0.717) is 5.15 Å². The summed E-state index contributed by atoms with van der Waals surface area (Å²) in [5.74, 6) is 0. The lowest BCUT2D eigenvalue weighted by Gasteiger charge is -2.26. The molecule has 6 heteroatoms. The number of hydrogen-bond donors (Lipinski definition) is 1. The van der Waals surface area contributed by atoms with E-state index in [4.69, 9.17) is 16.3 Å². The molecule has 90 valence electrons. The van der Waals surface area contributed by atoms with Crippen LogP contribution in [0.1, 0.15) is 6.42 Å². The minimum Gasteiger partial charge on any atom is -0.379 e. The fourth-order valence-electron chi connectivity index (χ4n) is 1.66. The minimum atomic E-state index is 0.570. The van der Waals surface area contributed by atoms with Crippen molar-refractivity contribution >= 4 is 28.1 Å². The van der Waals surface area contributed by atoms with E-state index in [2.05, 4.69) is 15.2 Å². The first kappa shape index (κ1) is 12.1.